The van der Waals surface area contributed by atoms with Crippen molar-refractivity contribution in [3.8, 4) is 17.2 Å². The molecule has 5 rings (SSSR count). The van der Waals surface area contributed by atoms with Crippen LogP contribution in [0.5, 0.6) is 17.2 Å². The highest BCUT2D eigenvalue weighted by Gasteiger charge is 2.30. The molecule has 2 N–H and O–H groups in total. The average Bonchev–Trinajstić information content (AvgIpc) is 3.54. The second-order valence-electron chi connectivity index (χ2n) is 13.1. The number of aliphatic hydroxyl groups is 1. The van der Waals surface area contributed by atoms with Crippen LogP contribution in [0.1, 0.15) is 61.5 Å². The van der Waals surface area contributed by atoms with Crippen molar-refractivity contribution < 1.29 is 33.6 Å². The second kappa shape index (κ2) is 16.8. The monoisotopic (exact) mass is 659 g/mol. The lowest BCUT2D eigenvalue weighted by Crippen LogP contribution is -2.47. The molecule has 258 valence electrons. The number of hydrogen-bond acceptors (Lipinski definition) is 8. The van der Waals surface area contributed by atoms with Gasteiger partial charge in [-0.3, -0.25) is 14.5 Å². The summed E-state index contributed by atoms with van der Waals surface area (Å²) in [5.74, 6) is 1.48. The standard InChI is InChI=1S/C38H49N3O7/c1-26-21-41(27(2)24-42)38(44)32-20-31(39-37(43)19-29-11-6-5-7-12-29)14-16-33(32)48-28(3)10-8-9-17-45-36(26)23-40(4)22-30-13-15-34-35(18-30)47-25-46-34/h5-7,11-16,18,20,26-28,36,42H,8-10,17,19,21-25H2,1-4H3,(H,39,43)/t26-,27+,28-,36-/m0/s1. The van der Waals surface area contributed by atoms with E-state index in [4.69, 9.17) is 18.9 Å². The fraction of sp³-hybridized carbons (Fsp3) is 0.474. The molecule has 3 aromatic rings. The lowest BCUT2D eigenvalue weighted by atomic mass is 10.0. The Morgan fingerprint density at radius 1 is 1.00 bits per heavy atom. The number of aliphatic hydroxyl groups excluding tert-OH is 1. The summed E-state index contributed by atoms with van der Waals surface area (Å²) < 4.78 is 23.9. The van der Waals surface area contributed by atoms with Crippen molar-refractivity contribution in [1.82, 2.24) is 9.80 Å². The number of amides is 2. The maximum atomic E-state index is 14.4. The molecular weight excluding hydrogens is 610 g/mol. The van der Waals surface area contributed by atoms with E-state index in [1.807, 2.05) is 62.4 Å². The van der Waals surface area contributed by atoms with Crippen LogP contribution in [-0.4, -0.2) is 85.1 Å². The molecule has 2 aliphatic rings. The zero-order valence-corrected chi connectivity index (χ0v) is 28.5. The number of anilines is 1. The van der Waals surface area contributed by atoms with Gasteiger partial charge in [-0.1, -0.05) is 43.3 Å². The van der Waals surface area contributed by atoms with Crippen molar-refractivity contribution in [2.75, 3.05) is 45.5 Å². The van der Waals surface area contributed by atoms with Gasteiger partial charge < -0.3 is 34.3 Å². The first kappa shape index (κ1) is 35.2. The van der Waals surface area contributed by atoms with Crippen LogP contribution in [-0.2, 0) is 22.5 Å². The number of hydrogen-bond donors (Lipinski definition) is 2. The van der Waals surface area contributed by atoms with Gasteiger partial charge in [0, 0.05) is 37.8 Å². The Balaban J connectivity index is 1.36. The number of likely N-dealkylation sites (N-methyl/N-ethyl adjacent to an activating group) is 1. The van der Waals surface area contributed by atoms with Crippen LogP contribution >= 0.6 is 0 Å². The van der Waals surface area contributed by atoms with Crippen LogP contribution in [0.4, 0.5) is 5.69 Å². The minimum absolute atomic E-state index is 0.0536. The summed E-state index contributed by atoms with van der Waals surface area (Å²) >= 11 is 0. The van der Waals surface area contributed by atoms with E-state index in [9.17, 15) is 14.7 Å². The number of carbonyl (C=O) groups excluding carboxylic acids is 2. The van der Waals surface area contributed by atoms with Crippen LogP contribution in [0.3, 0.4) is 0 Å². The van der Waals surface area contributed by atoms with Gasteiger partial charge in [0.25, 0.3) is 5.91 Å². The van der Waals surface area contributed by atoms with E-state index in [2.05, 4.69) is 24.2 Å². The number of fused-ring (bicyclic) bond motifs is 2. The number of ether oxygens (including phenoxy) is 4. The van der Waals surface area contributed by atoms with E-state index >= 15 is 0 Å². The van der Waals surface area contributed by atoms with Gasteiger partial charge in [-0.05, 0) is 81.6 Å². The van der Waals surface area contributed by atoms with E-state index in [0.717, 1.165) is 41.9 Å². The topological polar surface area (TPSA) is 110 Å². The summed E-state index contributed by atoms with van der Waals surface area (Å²) in [7, 11) is 2.06. The number of rotatable bonds is 9. The smallest absolute Gasteiger partial charge is 0.258 e. The Hall–Kier alpha value is -4.12. The van der Waals surface area contributed by atoms with Crippen LogP contribution in [0, 0.1) is 5.92 Å². The van der Waals surface area contributed by atoms with E-state index < -0.39 is 6.04 Å². The molecule has 0 aliphatic carbocycles. The quantitative estimate of drug-likeness (QED) is 0.309. The van der Waals surface area contributed by atoms with Gasteiger partial charge in [0.15, 0.2) is 11.5 Å². The minimum Gasteiger partial charge on any atom is -0.490 e. The fourth-order valence-corrected chi connectivity index (χ4v) is 6.17. The third kappa shape index (κ3) is 9.49. The summed E-state index contributed by atoms with van der Waals surface area (Å²) in [5.41, 5.74) is 2.87. The van der Waals surface area contributed by atoms with Crippen LogP contribution in [0.15, 0.2) is 66.7 Å². The van der Waals surface area contributed by atoms with Crippen molar-refractivity contribution in [2.24, 2.45) is 5.92 Å². The molecule has 48 heavy (non-hydrogen) atoms. The predicted octanol–water partition coefficient (Wildman–Crippen LogP) is 5.52. The van der Waals surface area contributed by atoms with Crippen molar-refractivity contribution in [3.05, 3.63) is 83.4 Å². The Kier molecular flexibility index (Phi) is 12.3. The fourth-order valence-electron chi connectivity index (χ4n) is 6.17. The summed E-state index contributed by atoms with van der Waals surface area (Å²) in [4.78, 5) is 31.2. The van der Waals surface area contributed by atoms with Gasteiger partial charge in [-0.25, -0.2) is 0 Å². The highest BCUT2D eigenvalue weighted by Crippen LogP contribution is 2.33. The third-order valence-electron chi connectivity index (χ3n) is 8.92. The molecule has 3 aromatic carbocycles. The molecule has 0 fully saturated rings. The maximum Gasteiger partial charge on any atom is 0.258 e. The minimum atomic E-state index is -0.457. The van der Waals surface area contributed by atoms with E-state index in [1.165, 1.54) is 0 Å². The summed E-state index contributed by atoms with van der Waals surface area (Å²) in [6.07, 6.45) is 2.52. The molecule has 2 amide bonds. The Labute approximate surface area is 283 Å². The first-order valence-electron chi connectivity index (χ1n) is 16.9. The van der Waals surface area contributed by atoms with Crippen LogP contribution in [0.25, 0.3) is 0 Å². The lowest BCUT2D eigenvalue weighted by Gasteiger charge is -2.36. The number of carbonyl (C=O) groups is 2. The van der Waals surface area contributed by atoms with Gasteiger partial charge in [0.2, 0.25) is 12.7 Å². The SMILES string of the molecule is C[C@H](CO)N1C[C@H](C)[C@H](CN(C)Cc2ccc3c(c2)OCO3)OCCCC[C@H](C)Oc2ccc(NC(=O)Cc3ccccc3)cc2C1=O. The Morgan fingerprint density at radius 3 is 2.56 bits per heavy atom. The Morgan fingerprint density at radius 2 is 1.77 bits per heavy atom. The first-order chi connectivity index (χ1) is 23.2. The van der Waals surface area contributed by atoms with E-state index in [0.29, 0.717) is 43.2 Å². The summed E-state index contributed by atoms with van der Waals surface area (Å²) in [6, 6.07) is 20.3. The zero-order valence-electron chi connectivity index (χ0n) is 28.5. The summed E-state index contributed by atoms with van der Waals surface area (Å²) in [6.45, 7) is 8.28. The van der Waals surface area contributed by atoms with E-state index in [-0.39, 0.29) is 49.8 Å². The number of nitrogens with one attached hydrogen (secondary N) is 1. The van der Waals surface area contributed by atoms with Crippen molar-refractivity contribution >= 4 is 17.5 Å². The van der Waals surface area contributed by atoms with Gasteiger partial charge in [0.05, 0.1) is 36.8 Å². The molecule has 0 bridgehead atoms. The molecular formula is C38H49N3O7. The first-order valence-corrected chi connectivity index (χ1v) is 16.9. The van der Waals surface area contributed by atoms with Crippen LogP contribution < -0.4 is 19.5 Å². The number of benzene rings is 3. The van der Waals surface area contributed by atoms with Gasteiger partial charge >= 0.3 is 0 Å². The Bertz CT molecular complexity index is 1520. The number of nitrogens with zero attached hydrogens (tertiary/aromatic N) is 2. The molecule has 2 aliphatic heterocycles. The van der Waals surface area contributed by atoms with Crippen molar-refractivity contribution in [1.29, 1.82) is 0 Å². The molecule has 0 radical (unpaired) electrons. The molecule has 0 aromatic heterocycles. The zero-order chi connectivity index (χ0) is 34.0. The molecule has 10 heteroatoms. The summed E-state index contributed by atoms with van der Waals surface area (Å²) in [5, 5.41) is 13.2. The van der Waals surface area contributed by atoms with Gasteiger partial charge in [-0.15, -0.1) is 0 Å². The maximum absolute atomic E-state index is 14.4. The van der Waals surface area contributed by atoms with Gasteiger partial charge in [-0.2, -0.15) is 0 Å². The lowest BCUT2D eigenvalue weighted by molar-refractivity contribution is -0.115. The van der Waals surface area contributed by atoms with Crippen LogP contribution in [0.2, 0.25) is 0 Å². The second-order valence-corrected chi connectivity index (χ2v) is 13.1. The molecule has 0 spiro atoms. The van der Waals surface area contributed by atoms with Gasteiger partial charge in [0.1, 0.15) is 5.75 Å². The molecule has 2 heterocycles. The predicted molar refractivity (Wildman–Crippen MR) is 185 cm³/mol. The molecule has 4 atom stereocenters. The van der Waals surface area contributed by atoms with E-state index in [1.54, 1.807) is 23.1 Å². The third-order valence-corrected chi connectivity index (χ3v) is 8.92. The largest absolute Gasteiger partial charge is 0.490 e. The molecule has 10 nitrogen and oxygen atoms in total. The highest BCUT2D eigenvalue weighted by molar-refractivity contribution is 6.00. The normalized spacial score (nSPS) is 20.8. The molecule has 0 saturated carbocycles. The molecule has 0 saturated heterocycles. The van der Waals surface area contributed by atoms with Crippen molar-refractivity contribution in [3.63, 3.8) is 0 Å². The highest BCUT2D eigenvalue weighted by atomic mass is 16.7. The molecule has 0 unspecified atom stereocenters. The average molecular weight is 660 g/mol. The van der Waals surface area contributed by atoms with Crippen molar-refractivity contribution in [2.45, 2.75) is 71.2 Å².